The molecule has 0 aliphatic heterocycles. The Morgan fingerprint density at radius 2 is 0.793 bits per heavy atom. The third-order valence-electron chi connectivity index (χ3n) is 4.08. The van der Waals surface area contributed by atoms with E-state index in [1.165, 1.54) is 22.5 Å². The fraction of sp³-hybridized carbons (Fsp3) is 0.630. The molecule has 2 rings (SSSR count). The lowest BCUT2D eigenvalue weighted by Gasteiger charge is -2.13. The van der Waals surface area contributed by atoms with Crippen LogP contribution in [0.15, 0.2) is 36.7 Å². The van der Waals surface area contributed by atoms with E-state index in [1.807, 2.05) is 52.2 Å². The molecular formula is C27H50N2. The van der Waals surface area contributed by atoms with Gasteiger partial charge in [-0.25, -0.2) is 0 Å². The summed E-state index contributed by atoms with van der Waals surface area (Å²) in [5, 5.41) is 0. The maximum atomic E-state index is 4.40. The number of pyridine rings is 2. The summed E-state index contributed by atoms with van der Waals surface area (Å²) in [6.07, 6.45) is 3.75. The largest absolute Gasteiger partial charge is 0.261 e. The molecular weight excluding hydrogens is 352 g/mol. The second-order valence-electron chi connectivity index (χ2n) is 7.57. The summed E-state index contributed by atoms with van der Waals surface area (Å²) in [6, 6.07) is 8.38. The van der Waals surface area contributed by atoms with Crippen LogP contribution in [0.3, 0.4) is 0 Å². The topological polar surface area (TPSA) is 25.8 Å². The Morgan fingerprint density at radius 3 is 0.966 bits per heavy atom. The van der Waals surface area contributed by atoms with E-state index in [0.717, 1.165) is 0 Å². The monoisotopic (exact) mass is 402 g/mol. The van der Waals surface area contributed by atoms with Crippen molar-refractivity contribution >= 4 is 0 Å². The Hall–Kier alpha value is -1.70. The van der Waals surface area contributed by atoms with Gasteiger partial charge in [0.25, 0.3) is 0 Å². The molecule has 0 radical (unpaired) electrons. The number of hydrogen-bond acceptors (Lipinski definition) is 2. The van der Waals surface area contributed by atoms with Gasteiger partial charge in [0.05, 0.1) is 0 Å². The van der Waals surface area contributed by atoms with Gasteiger partial charge in [-0.3, -0.25) is 9.97 Å². The molecule has 0 atom stereocenters. The van der Waals surface area contributed by atoms with Crippen LogP contribution in [-0.4, -0.2) is 9.97 Å². The van der Waals surface area contributed by atoms with Crippen LogP contribution in [0.1, 0.15) is 137 Å². The van der Waals surface area contributed by atoms with Gasteiger partial charge in [-0.1, -0.05) is 103 Å². The van der Waals surface area contributed by atoms with E-state index in [2.05, 4.69) is 77.5 Å². The Labute approximate surface area is 183 Å². The molecule has 0 saturated carbocycles. The minimum atomic E-state index is 0. The van der Waals surface area contributed by atoms with Crippen LogP contribution in [-0.2, 0) is 0 Å². The average Bonchev–Trinajstić information content (AvgIpc) is 2.71. The molecule has 2 heterocycles. The second-order valence-corrected chi connectivity index (χ2v) is 7.57. The summed E-state index contributed by atoms with van der Waals surface area (Å²) >= 11 is 0. The van der Waals surface area contributed by atoms with Gasteiger partial charge in [0, 0.05) is 23.8 Å². The Kier molecular flexibility index (Phi) is 20.2. The molecule has 0 aromatic carbocycles. The van der Waals surface area contributed by atoms with E-state index in [4.69, 9.17) is 0 Å². The van der Waals surface area contributed by atoms with Crippen molar-refractivity contribution in [3.8, 4) is 0 Å². The summed E-state index contributed by atoms with van der Waals surface area (Å²) in [6.45, 7) is 25.6. The fourth-order valence-electron chi connectivity index (χ4n) is 2.80. The molecule has 0 aliphatic rings. The minimum absolute atomic E-state index is 0. The number of nitrogens with zero attached hydrogens (tertiary/aromatic N) is 2. The summed E-state index contributed by atoms with van der Waals surface area (Å²) < 4.78 is 0. The number of aromatic nitrogens is 2. The highest BCUT2D eigenvalue weighted by molar-refractivity contribution is 5.26. The van der Waals surface area contributed by atoms with E-state index < -0.39 is 0 Å². The van der Waals surface area contributed by atoms with Crippen LogP contribution in [0.4, 0.5) is 0 Å². The summed E-state index contributed by atoms with van der Waals surface area (Å²) in [5.41, 5.74) is 5.25. The van der Waals surface area contributed by atoms with Crippen molar-refractivity contribution < 1.29 is 0 Å². The second kappa shape index (κ2) is 18.3. The van der Waals surface area contributed by atoms with Crippen molar-refractivity contribution in [2.45, 2.75) is 114 Å². The first-order valence-corrected chi connectivity index (χ1v) is 11.1. The zero-order valence-corrected chi connectivity index (χ0v) is 20.7. The number of hydrogen-bond donors (Lipinski definition) is 0. The summed E-state index contributed by atoms with van der Waals surface area (Å²) in [4.78, 5) is 8.80. The molecule has 168 valence electrons. The predicted octanol–water partition coefficient (Wildman–Crippen LogP) is 9.35. The van der Waals surface area contributed by atoms with Crippen molar-refractivity contribution in [2.75, 3.05) is 0 Å². The smallest absolute Gasteiger partial charge is 0.0463 e. The first kappa shape index (κ1) is 32.0. The highest BCUT2D eigenvalue weighted by Gasteiger charge is 2.10. The van der Waals surface area contributed by atoms with Crippen LogP contribution in [0.5, 0.6) is 0 Å². The molecule has 0 spiro atoms. The Morgan fingerprint density at radius 1 is 0.517 bits per heavy atom. The minimum Gasteiger partial charge on any atom is -0.261 e. The fourth-order valence-corrected chi connectivity index (χ4v) is 2.80. The predicted molar refractivity (Wildman–Crippen MR) is 134 cm³/mol. The summed E-state index contributed by atoms with van der Waals surface area (Å²) in [5.74, 6) is 2.22. The van der Waals surface area contributed by atoms with E-state index in [9.17, 15) is 0 Å². The van der Waals surface area contributed by atoms with Gasteiger partial charge in [0.15, 0.2) is 0 Å². The van der Waals surface area contributed by atoms with Crippen LogP contribution in [0.25, 0.3) is 0 Å². The Balaban J connectivity index is -0.000000386. The van der Waals surface area contributed by atoms with E-state index in [0.29, 0.717) is 23.7 Å². The third kappa shape index (κ3) is 11.8. The van der Waals surface area contributed by atoms with Gasteiger partial charge >= 0.3 is 0 Å². The first-order chi connectivity index (χ1) is 13.3. The van der Waals surface area contributed by atoms with Gasteiger partial charge in [-0.15, -0.1) is 0 Å². The number of rotatable bonds is 4. The van der Waals surface area contributed by atoms with Crippen molar-refractivity contribution in [1.82, 2.24) is 9.97 Å². The highest BCUT2D eigenvalue weighted by atomic mass is 14.7. The zero-order valence-electron chi connectivity index (χ0n) is 20.7. The molecule has 0 bridgehead atoms. The molecule has 2 aromatic rings. The zero-order chi connectivity index (χ0) is 22.3. The molecule has 29 heavy (non-hydrogen) atoms. The van der Waals surface area contributed by atoms with Crippen LogP contribution >= 0.6 is 0 Å². The lowest BCUT2D eigenvalue weighted by Crippen LogP contribution is -2.00. The molecule has 2 heteroatoms. The van der Waals surface area contributed by atoms with Gasteiger partial charge in [-0.05, 0) is 46.9 Å². The van der Waals surface area contributed by atoms with Crippen LogP contribution in [0, 0.1) is 0 Å². The van der Waals surface area contributed by atoms with Crippen LogP contribution in [0.2, 0.25) is 0 Å². The quantitative estimate of drug-likeness (QED) is 0.509. The van der Waals surface area contributed by atoms with Gasteiger partial charge in [0.2, 0.25) is 0 Å². The average molecular weight is 403 g/mol. The molecule has 2 nitrogen and oxygen atoms in total. The van der Waals surface area contributed by atoms with Crippen molar-refractivity contribution in [3.05, 3.63) is 59.2 Å². The highest BCUT2D eigenvalue weighted by Crippen LogP contribution is 2.24. The molecule has 0 aliphatic carbocycles. The van der Waals surface area contributed by atoms with Gasteiger partial charge in [0.1, 0.15) is 0 Å². The molecule has 0 N–H and O–H groups in total. The molecule has 0 saturated heterocycles. The van der Waals surface area contributed by atoms with Crippen molar-refractivity contribution in [2.24, 2.45) is 0 Å². The SMILES string of the molecule is C.CC.CC.CC(C)c1cccnc1C(C)C.CC(C)c1cccnc1C(C)C. The van der Waals surface area contributed by atoms with Gasteiger partial charge < -0.3 is 0 Å². The maximum absolute atomic E-state index is 4.40. The lowest BCUT2D eigenvalue weighted by atomic mass is 9.96. The first-order valence-electron chi connectivity index (χ1n) is 11.1. The van der Waals surface area contributed by atoms with Crippen molar-refractivity contribution in [1.29, 1.82) is 0 Å². The normalized spacial score (nSPS) is 9.66. The molecule has 2 aromatic heterocycles. The molecule has 0 amide bonds. The van der Waals surface area contributed by atoms with Gasteiger partial charge in [-0.2, -0.15) is 0 Å². The molecule has 0 fully saturated rings. The van der Waals surface area contributed by atoms with Crippen molar-refractivity contribution in [3.63, 3.8) is 0 Å². The molecule has 0 unspecified atom stereocenters. The van der Waals surface area contributed by atoms with E-state index in [-0.39, 0.29) is 7.43 Å². The summed E-state index contributed by atoms with van der Waals surface area (Å²) in [7, 11) is 0. The third-order valence-corrected chi connectivity index (χ3v) is 4.08. The van der Waals surface area contributed by atoms with Crippen LogP contribution < -0.4 is 0 Å². The standard InChI is InChI=1S/2C11H17N.2C2H6.CH4/c2*1-8(2)10-6-5-7-12-11(10)9(3)4;2*1-2;/h2*5-9H,1-4H3;2*1-2H3;1H4. The van der Waals surface area contributed by atoms with E-state index >= 15 is 0 Å². The maximum Gasteiger partial charge on any atom is 0.0463 e. The Bertz CT molecular complexity index is 504. The lowest BCUT2D eigenvalue weighted by molar-refractivity contribution is 0.757. The van der Waals surface area contributed by atoms with E-state index in [1.54, 1.807) is 0 Å².